The minimum Gasteiger partial charge on any atom is -0.207 e. The summed E-state index contributed by atoms with van der Waals surface area (Å²) in [5, 5.41) is 0. The van der Waals surface area contributed by atoms with E-state index in [1.807, 2.05) is 12.1 Å². The second-order valence-corrected chi connectivity index (χ2v) is 9.15. The largest absolute Gasteiger partial charge is 0.207 e. The first-order valence-electron chi connectivity index (χ1n) is 12.7. The van der Waals surface area contributed by atoms with Crippen molar-refractivity contribution >= 4 is 0 Å². The Morgan fingerprint density at radius 1 is 0.879 bits per heavy atom. The van der Waals surface area contributed by atoms with Crippen LogP contribution in [0.25, 0.3) is 11.1 Å². The lowest BCUT2D eigenvalue weighted by atomic mass is 9.89. The maximum absolute atomic E-state index is 14.6. The minimum absolute atomic E-state index is 0.105. The molecule has 2 rings (SSSR count). The Morgan fingerprint density at radius 2 is 1.55 bits per heavy atom. The molecular formula is C32H45F. The van der Waals surface area contributed by atoms with Crippen LogP contribution in [-0.2, 0) is 6.42 Å². The van der Waals surface area contributed by atoms with Gasteiger partial charge in [-0.1, -0.05) is 132 Å². The topological polar surface area (TPSA) is 0 Å². The van der Waals surface area contributed by atoms with E-state index in [0.29, 0.717) is 6.42 Å². The van der Waals surface area contributed by atoms with Crippen LogP contribution < -0.4 is 0 Å². The third kappa shape index (κ3) is 11.9. The number of unbranched alkanes of at least 4 members (excludes halogenated alkanes) is 1. The van der Waals surface area contributed by atoms with Gasteiger partial charge in [-0.05, 0) is 60.8 Å². The summed E-state index contributed by atoms with van der Waals surface area (Å²) in [6.07, 6.45) is 17.3. The average molecular weight is 449 g/mol. The number of rotatable bonds is 13. The van der Waals surface area contributed by atoms with Gasteiger partial charge in [-0.25, -0.2) is 4.39 Å². The van der Waals surface area contributed by atoms with Crippen LogP contribution in [0.5, 0.6) is 0 Å². The molecule has 0 N–H and O–H groups in total. The standard InChI is InChI=1S/C28H39F.C4H6/c1-5-7-10-24(16-13-22(3)6-2)11-8-9-12-26-19-20-27(21-28(26)29)25-17-14-23(4)15-18-25;1-3-4-2/h8-9,14-15,17-22,24H,5-7,10-13,16H2,1-4H3;3-4H,1-2H2/b9-8-;. The summed E-state index contributed by atoms with van der Waals surface area (Å²) in [5.41, 5.74) is 4.01. The first-order valence-corrected chi connectivity index (χ1v) is 12.7. The van der Waals surface area contributed by atoms with Crippen LogP contribution in [0.1, 0.15) is 76.8 Å². The molecule has 0 fully saturated rings. The van der Waals surface area contributed by atoms with E-state index in [-0.39, 0.29) is 5.82 Å². The monoisotopic (exact) mass is 448 g/mol. The molecule has 1 heteroatoms. The van der Waals surface area contributed by atoms with Crippen LogP contribution >= 0.6 is 0 Å². The van der Waals surface area contributed by atoms with Crippen LogP contribution in [0.3, 0.4) is 0 Å². The van der Waals surface area contributed by atoms with Crippen LogP contribution in [-0.4, -0.2) is 0 Å². The first-order chi connectivity index (χ1) is 15.9. The van der Waals surface area contributed by atoms with Crippen LogP contribution in [0.2, 0.25) is 0 Å². The minimum atomic E-state index is -0.105. The molecule has 33 heavy (non-hydrogen) atoms. The molecule has 2 unspecified atom stereocenters. The summed E-state index contributed by atoms with van der Waals surface area (Å²) in [4.78, 5) is 0. The highest BCUT2D eigenvalue weighted by Crippen LogP contribution is 2.25. The Labute approximate surface area is 203 Å². The van der Waals surface area contributed by atoms with E-state index in [9.17, 15) is 4.39 Å². The van der Waals surface area contributed by atoms with Gasteiger partial charge < -0.3 is 0 Å². The highest BCUT2D eigenvalue weighted by molar-refractivity contribution is 5.64. The second kappa shape index (κ2) is 17.1. The van der Waals surface area contributed by atoms with Crippen molar-refractivity contribution in [2.75, 3.05) is 0 Å². The fourth-order valence-electron chi connectivity index (χ4n) is 3.73. The van der Waals surface area contributed by atoms with E-state index in [0.717, 1.165) is 34.9 Å². The molecule has 2 aromatic rings. The van der Waals surface area contributed by atoms with Crippen molar-refractivity contribution in [3.63, 3.8) is 0 Å². The van der Waals surface area contributed by atoms with Crippen LogP contribution in [0.15, 0.2) is 79.9 Å². The summed E-state index contributed by atoms with van der Waals surface area (Å²) in [5.74, 6) is 1.49. The molecule has 0 saturated heterocycles. The number of benzene rings is 2. The number of aryl methyl sites for hydroxylation is 1. The van der Waals surface area contributed by atoms with Gasteiger partial charge in [0.05, 0.1) is 0 Å². The Kier molecular flexibility index (Phi) is 14.8. The van der Waals surface area contributed by atoms with Crippen LogP contribution in [0.4, 0.5) is 4.39 Å². The molecule has 0 nitrogen and oxygen atoms in total. The van der Waals surface area contributed by atoms with Crippen molar-refractivity contribution < 1.29 is 4.39 Å². The van der Waals surface area contributed by atoms with Crippen LogP contribution in [0, 0.1) is 24.6 Å². The fraction of sp³-hybridized carbons (Fsp3) is 0.438. The molecule has 180 valence electrons. The smallest absolute Gasteiger partial charge is 0.127 e. The molecule has 0 saturated carbocycles. The number of halogens is 1. The molecule has 0 heterocycles. The molecule has 0 bridgehead atoms. The van der Waals surface area contributed by atoms with Crippen molar-refractivity contribution in [3.8, 4) is 11.1 Å². The van der Waals surface area contributed by atoms with Gasteiger partial charge >= 0.3 is 0 Å². The summed E-state index contributed by atoms with van der Waals surface area (Å²) in [6.45, 7) is 15.7. The number of hydrogen-bond acceptors (Lipinski definition) is 0. The van der Waals surface area contributed by atoms with Gasteiger partial charge in [0.1, 0.15) is 5.82 Å². The second-order valence-electron chi connectivity index (χ2n) is 9.15. The number of hydrogen-bond donors (Lipinski definition) is 0. The Bertz CT molecular complexity index is 822. The van der Waals surface area contributed by atoms with Crippen molar-refractivity contribution in [3.05, 3.63) is 96.9 Å². The molecule has 0 aromatic heterocycles. The third-order valence-corrected chi connectivity index (χ3v) is 6.31. The van der Waals surface area contributed by atoms with Gasteiger partial charge in [-0.15, -0.1) is 0 Å². The molecule has 0 aliphatic carbocycles. The molecule has 2 atom stereocenters. The molecule has 0 spiro atoms. The zero-order chi connectivity index (χ0) is 24.5. The predicted molar refractivity (Wildman–Crippen MR) is 146 cm³/mol. The predicted octanol–water partition coefficient (Wildman–Crippen LogP) is 10.3. The van der Waals surface area contributed by atoms with E-state index in [4.69, 9.17) is 0 Å². The quantitative estimate of drug-likeness (QED) is 0.211. The zero-order valence-electron chi connectivity index (χ0n) is 21.5. The molecule has 2 aromatic carbocycles. The molecule has 0 radical (unpaired) electrons. The summed E-state index contributed by atoms with van der Waals surface area (Å²) in [7, 11) is 0. The SMILES string of the molecule is C=CC=C.CCCCC(C/C=C\Cc1ccc(-c2ccc(C)cc2)cc1F)CCC(C)CC. The van der Waals surface area contributed by atoms with Crippen molar-refractivity contribution in [2.24, 2.45) is 11.8 Å². The van der Waals surface area contributed by atoms with Gasteiger partial charge in [-0.2, -0.15) is 0 Å². The van der Waals surface area contributed by atoms with Gasteiger partial charge in [-0.3, -0.25) is 0 Å². The fourth-order valence-corrected chi connectivity index (χ4v) is 3.73. The molecule has 0 amide bonds. The number of allylic oxidation sites excluding steroid dienone is 4. The van der Waals surface area contributed by atoms with E-state index in [1.54, 1.807) is 18.2 Å². The molecular weight excluding hydrogens is 403 g/mol. The first kappa shape index (κ1) is 28.6. The lowest BCUT2D eigenvalue weighted by Gasteiger charge is -2.17. The van der Waals surface area contributed by atoms with Gasteiger partial charge in [0.2, 0.25) is 0 Å². The third-order valence-electron chi connectivity index (χ3n) is 6.31. The van der Waals surface area contributed by atoms with Gasteiger partial charge in [0, 0.05) is 0 Å². The molecule has 0 aliphatic rings. The Morgan fingerprint density at radius 3 is 2.12 bits per heavy atom. The van der Waals surface area contributed by atoms with Crippen molar-refractivity contribution in [1.82, 2.24) is 0 Å². The molecule has 0 aliphatic heterocycles. The maximum atomic E-state index is 14.6. The van der Waals surface area contributed by atoms with E-state index in [1.165, 1.54) is 44.1 Å². The van der Waals surface area contributed by atoms with Gasteiger partial charge in [0.25, 0.3) is 0 Å². The summed E-state index contributed by atoms with van der Waals surface area (Å²) >= 11 is 0. The Hall–Kier alpha value is -2.41. The Balaban J connectivity index is 0.00000125. The highest BCUT2D eigenvalue weighted by atomic mass is 19.1. The lowest BCUT2D eigenvalue weighted by molar-refractivity contribution is 0.378. The summed E-state index contributed by atoms with van der Waals surface area (Å²) in [6, 6.07) is 13.9. The van der Waals surface area contributed by atoms with E-state index >= 15 is 0 Å². The van der Waals surface area contributed by atoms with Crippen molar-refractivity contribution in [1.29, 1.82) is 0 Å². The van der Waals surface area contributed by atoms with Gasteiger partial charge in [0.15, 0.2) is 0 Å². The normalized spacial score (nSPS) is 12.6. The van der Waals surface area contributed by atoms with E-state index in [2.05, 4.69) is 77.3 Å². The zero-order valence-corrected chi connectivity index (χ0v) is 21.5. The average Bonchev–Trinajstić information content (AvgIpc) is 2.84. The highest BCUT2D eigenvalue weighted by Gasteiger charge is 2.09. The summed E-state index contributed by atoms with van der Waals surface area (Å²) < 4.78 is 14.6. The lowest BCUT2D eigenvalue weighted by Crippen LogP contribution is -2.03. The van der Waals surface area contributed by atoms with Crippen molar-refractivity contribution in [2.45, 2.75) is 79.1 Å². The van der Waals surface area contributed by atoms with E-state index < -0.39 is 0 Å². The maximum Gasteiger partial charge on any atom is 0.127 e.